The van der Waals surface area contributed by atoms with E-state index in [1.807, 2.05) is 6.92 Å². The van der Waals surface area contributed by atoms with Gasteiger partial charge in [0.25, 0.3) is 0 Å². The summed E-state index contributed by atoms with van der Waals surface area (Å²) in [7, 11) is 0. The molecule has 3 aromatic heterocycles. The number of rotatable bonds is 4. The van der Waals surface area contributed by atoms with Gasteiger partial charge in [0.05, 0.1) is 12.0 Å². The van der Waals surface area contributed by atoms with Gasteiger partial charge < -0.3 is 15.4 Å². The van der Waals surface area contributed by atoms with Crippen LogP contribution in [0, 0.1) is 12.7 Å². The molecule has 2 N–H and O–H groups in total. The minimum atomic E-state index is -0.767. The fraction of sp³-hybridized carbons (Fsp3) is 0.368. The maximum Gasteiger partial charge on any atom is 0.343 e. The number of nitrogens with zero attached hydrogens (tertiary/aromatic N) is 4. The van der Waals surface area contributed by atoms with Crippen molar-refractivity contribution in [2.75, 3.05) is 24.6 Å². The van der Waals surface area contributed by atoms with Crippen LogP contribution in [0.15, 0.2) is 23.3 Å². The minimum absolute atomic E-state index is 0.00634. The molecule has 0 saturated carbocycles. The minimum Gasteiger partial charge on any atom is -0.462 e. The van der Waals surface area contributed by atoms with Gasteiger partial charge in [-0.15, -0.1) is 11.3 Å². The quantitative estimate of drug-likeness (QED) is 0.648. The highest BCUT2D eigenvalue weighted by atomic mass is 32.1. The average molecular weight is 417 g/mol. The number of pyridine rings is 2. The Morgan fingerprint density at radius 3 is 2.90 bits per heavy atom. The van der Waals surface area contributed by atoms with Crippen LogP contribution in [0.1, 0.15) is 28.6 Å². The maximum atomic E-state index is 14.9. The van der Waals surface area contributed by atoms with Gasteiger partial charge in [-0.1, -0.05) is 0 Å². The van der Waals surface area contributed by atoms with E-state index >= 15 is 0 Å². The van der Waals surface area contributed by atoms with Gasteiger partial charge in [0, 0.05) is 36.4 Å². The molecule has 1 aliphatic rings. The molecule has 0 amide bonds. The van der Waals surface area contributed by atoms with E-state index in [2.05, 4.69) is 9.97 Å². The van der Waals surface area contributed by atoms with Gasteiger partial charge in [0.1, 0.15) is 5.56 Å². The number of ether oxygens (including phenoxy) is 1. The highest BCUT2D eigenvalue weighted by Gasteiger charge is 2.26. The number of hydrogen-bond donors (Lipinski definition) is 1. The lowest BCUT2D eigenvalue weighted by Crippen LogP contribution is -2.28. The van der Waals surface area contributed by atoms with Gasteiger partial charge in [-0.05, 0) is 26.3 Å². The first-order valence-corrected chi connectivity index (χ1v) is 10.1. The molecule has 0 spiro atoms. The summed E-state index contributed by atoms with van der Waals surface area (Å²) >= 11 is 1.37. The smallest absolute Gasteiger partial charge is 0.343 e. The number of carbonyl (C=O) groups excluding carboxylic acids is 1. The molecule has 4 heterocycles. The summed E-state index contributed by atoms with van der Waals surface area (Å²) in [5.74, 6) is -1.27. The molecule has 8 nitrogen and oxygen atoms in total. The lowest BCUT2D eigenvalue weighted by molar-refractivity contribution is 0.0524. The third kappa shape index (κ3) is 3.49. The molecule has 29 heavy (non-hydrogen) atoms. The van der Waals surface area contributed by atoms with Gasteiger partial charge in [-0.25, -0.2) is 19.2 Å². The zero-order valence-electron chi connectivity index (χ0n) is 16.0. The van der Waals surface area contributed by atoms with Crippen molar-refractivity contribution in [2.24, 2.45) is 5.73 Å². The standard InChI is InChI=1S/C19H20FN5O3S/c1-3-28-18(27)13-9-25(19-22-7-10(2)29-19)16-12(15(13)26)6-14(20)17(23-16)24-5-4-11(21)8-24/h6-7,9,11H,3-5,8,21H2,1-2H3. The van der Waals surface area contributed by atoms with Crippen LogP contribution in [-0.4, -0.2) is 46.2 Å². The summed E-state index contributed by atoms with van der Waals surface area (Å²) in [4.78, 5) is 36.7. The van der Waals surface area contributed by atoms with Crippen molar-refractivity contribution in [1.82, 2.24) is 14.5 Å². The van der Waals surface area contributed by atoms with Crippen molar-refractivity contribution in [3.63, 3.8) is 0 Å². The number of halogens is 1. The van der Waals surface area contributed by atoms with E-state index < -0.39 is 17.2 Å². The fourth-order valence-corrected chi connectivity index (χ4v) is 4.11. The maximum absolute atomic E-state index is 14.9. The summed E-state index contributed by atoms with van der Waals surface area (Å²) in [6, 6.07) is 1.07. The number of hydrogen-bond acceptors (Lipinski definition) is 8. The first kappa shape index (κ1) is 19.5. The highest BCUT2D eigenvalue weighted by molar-refractivity contribution is 7.14. The van der Waals surface area contributed by atoms with E-state index in [1.165, 1.54) is 17.5 Å². The molecule has 4 rings (SSSR count). The molecule has 1 atom stereocenters. The molecule has 1 aliphatic heterocycles. The molecule has 0 bridgehead atoms. The Balaban J connectivity index is 1.98. The Kier molecular flexibility index (Phi) is 5.05. The van der Waals surface area contributed by atoms with Crippen LogP contribution in [0.5, 0.6) is 0 Å². The zero-order chi connectivity index (χ0) is 20.7. The van der Waals surface area contributed by atoms with Crippen LogP contribution in [0.4, 0.5) is 10.2 Å². The van der Waals surface area contributed by atoms with Crippen LogP contribution < -0.4 is 16.1 Å². The Bertz CT molecular complexity index is 1160. The Labute approximate surface area is 169 Å². The largest absolute Gasteiger partial charge is 0.462 e. The summed E-state index contributed by atoms with van der Waals surface area (Å²) in [6.07, 6.45) is 3.78. The molecule has 0 radical (unpaired) electrons. The van der Waals surface area contributed by atoms with Gasteiger partial charge in [-0.2, -0.15) is 0 Å². The van der Waals surface area contributed by atoms with Crippen molar-refractivity contribution < 1.29 is 13.9 Å². The third-order valence-corrected chi connectivity index (χ3v) is 5.66. The molecule has 0 aromatic carbocycles. The van der Waals surface area contributed by atoms with Crippen molar-refractivity contribution in [2.45, 2.75) is 26.3 Å². The second kappa shape index (κ2) is 7.53. The molecule has 1 saturated heterocycles. The summed E-state index contributed by atoms with van der Waals surface area (Å²) in [6.45, 7) is 4.72. The van der Waals surface area contributed by atoms with Crippen LogP contribution >= 0.6 is 11.3 Å². The van der Waals surface area contributed by atoms with E-state index in [4.69, 9.17) is 10.5 Å². The van der Waals surface area contributed by atoms with E-state index in [0.29, 0.717) is 18.2 Å². The Morgan fingerprint density at radius 2 is 2.28 bits per heavy atom. The lowest BCUT2D eigenvalue weighted by Gasteiger charge is -2.19. The molecule has 1 fully saturated rings. The topological polar surface area (TPSA) is 103 Å². The number of anilines is 1. The number of aromatic nitrogens is 3. The third-order valence-electron chi connectivity index (χ3n) is 4.75. The van der Waals surface area contributed by atoms with Crippen molar-refractivity contribution in [1.29, 1.82) is 0 Å². The lowest BCUT2D eigenvalue weighted by atomic mass is 10.2. The SMILES string of the molecule is CCOC(=O)c1cn(-c2ncc(C)s2)c2nc(N3CCC(N)C3)c(F)cc2c1=O. The molecule has 10 heteroatoms. The molecule has 1 unspecified atom stereocenters. The van der Waals surface area contributed by atoms with Crippen LogP contribution in [0.2, 0.25) is 0 Å². The van der Waals surface area contributed by atoms with Crippen molar-refractivity contribution in [3.05, 3.63) is 44.9 Å². The van der Waals surface area contributed by atoms with Crippen LogP contribution in [-0.2, 0) is 4.74 Å². The zero-order valence-corrected chi connectivity index (χ0v) is 16.8. The van der Waals surface area contributed by atoms with Crippen LogP contribution in [0.3, 0.4) is 0 Å². The number of thiazole rings is 1. The molecule has 152 valence electrons. The molecular formula is C19H20FN5O3S. The molecular weight excluding hydrogens is 397 g/mol. The first-order chi connectivity index (χ1) is 13.9. The number of esters is 1. The van der Waals surface area contributed by atoms with Gasteiger partial charge >= 0.3 is 5.97 Å². The number of nitrogens with two attached hydrogens (primary N) is 1. The van der Waals surface area contributed by atoms with E-state index in [1.54, 1.807) is 22.6 Å². The number of carbonyl (C=O) groups is 1. The highest BCUT2D eigenvalue weighted by Crippen LogP contribution is 2.27. The van der Waals surface area contributed by atoms with Gasteiger partial charge in [-0.3, -0.25) is 9.36 Å². The second-order valence-electron chi connectivity index (χ2n) is 6.88. The van der Waals surface area contributed by atoms with Gasteiger partial charge in [0.2, 0.25) is 5.43 Å². The predicted molar refractivity (Wildman–Crippen MR) is 108 cm³/mol. The summed E-state index contributed by atoms with van der Waals surface area (Å²) in [5.41, 5.74) is 5.36. The summed E-state index contributed by atoms with van der Waals surface area (Å²) in [5, 5.41) is 0.509. The summed E-state index contributed by atoms with van der Waals surface area (Å²) < 4.78 is 21.4. The van der Waals surface area contributed by atoms with Gasteiger partial charge in [0.15, 0.2) is 22.4 Å². The fourth-order valence-electron chi connectivity index (χ4n) is 3.37. The van der Waals surface area contributed by atoms with E-state index in [9.17, 15) is 14.0 Å². The normalized spacial score (nSPS) is 16.6. The van der Waals surface area contributed by atoms with E-state index in [-0.39, 0.29) is 35.1 Å². The average Bonchev–Trinajstić information content (AvgIpc) is 3.30. The number of fused-ring (bicyclic) bond motifs is 1. The monoisotopic (exact) mass is 417 g/mol. The van der Waals surface area contributed by atoms with Crippen LogP contribution in [0.25, 0.3) is 16.2 Å². The first-order valence-electron chi connectivity index (χ1n) is 9.25. The predicted octanol–water partition coefficient (Wildman–Crippen LogP) is 2.00. The van der Waals surface area contributed by atoms with E-state index in [0.717, 1.165) is 17.4 Å². The molecule has 0 aliphatic carbocycles. The Morgan fingerprint density at radius 1 is 1.48 bits per heavy atom. The van der Waals surface area contributed by atoms with Crippen molar-refractivity contribution >= 4 is 34.2 Å². The number of aryl methyl sites for hydroxylation is 1. The van der Waals surface area contributed by atoms with Crippen molar-refractivity contribution in [3.8, 4) is 5.13 Å². The Hall–Kier alpha value is -2.85. The second-order valence-corrected chi connectivity index (χ2v) is 8.09. The molecule has 3 aromatic rings.